The van der Waals surface area contributed by atoms with Gasteiger partial charge in [0.15, 0.2) is 6.61 Å². The van der Waals surface area contributed by atoms with Gasteiger partial charge in [0.05, 0.1) is 0 Å². The Balaban J connectivity index is 1.44. The number of benzene rings is 2. The number of amides is 1. The number of nitrogens with zero attached hydrogens (tertiary/aromatic N) is 2. The number of aryl methyl sites for hydroxylation is 2. The Bertz CT molecular complexity index is 872. The van der Waals surface area contributed by atoms with Crippen LogP contribution in [-0.4, -0.2) is 29.2 Å². The van der Waals surface area contributed by atoms with E-state index >= 15 is 0 Å². The number of hydrogen-bond donors (Lipinski definition) is 1. The molecule has 0 radical (unpaired) electrons. The molecule has 0 bridgehead atoms. The third-order valence-electron chi connectivity index (χ3n) is 3.91. The van der Waals surface area contributed by atoms with Gasteiger partial charge >= 0.3 is 0 Å². The molecule has 0 aliphatic rings. The Hall–Kier alpha value is -3.15. The van der Waals surface area contributed by atoms with Gasteiger partial charge in [0.2, 0.25) is 11.7 Å². The zero-order valence-corrected chi connectivity index (χ0v) is 14.9. The Morgan fingerprint density at radius 1 is 1.12 bits per heavy atom. The van der Waals surface area contributed by atoms with E-state index < -0.39 is 0 Å². The predicted molar refractivity (Wildman–Crippen MR) is 97.9 cm³/mol. The fourth-order valence-corrected chi connectivity index (χ4v) is 2.43. The van der Waals surface area contributed by atoms with E-state index in [1.54, 1.807) is 0 Å². The maximum Gasteiger partial charge on any atom is 0.257 e. The topological polar surface area (TPSA) is 77.2 Å². The molecule has 3 rings (SSSR count). The normalized spacial score (nSPS) is 10.5. The van der Waals surface area contributed by atoms with Crippen LogP contribution in [-0.2, 0) is 11.2 Å². The van der Waals surface area contributed by atoms with Gasteiger partial charge < -0.3 is 14.6 Å². The van der Waals surface area contributed by atoms with Crippen molar-refractivity contribution in [2.75, 3.05) is 13.2 Å². The quantitative estimate of drug-likeness (QED) is 0.708. The summed E-state index contributed by atoms with van der Waals surface area (Å²) in [6, 6.07) is 15.4. The van der Waals surface area contributed by atoms with Gasteiger partial charge in [-0.2, -0.15) is 4.98 Å². The molecule has 1 N–H and O–H groups in total. The van der Waals surface area contributed by atoms with Gasteiger partial charge in [0.25, 0.3) is 5.91 Å². The molecule has 0 saturated carbocycles. The van der Waals surface area contributed by atoms with Crippen molar-refractivity contribution < 1.29 is 14.1 Å². The average molecular weight is 351 g/mol. The van der Waals surface area contributed by atoms with E-state index in [0.717, 1.165) is 16.7 Å². The molecule has 0 aliphatic heterocycles. The highest BCUT2D eigenvalue weighted by Crippen LogP contribution is 2.19. The molecule has 1 amide bonds. The third kappa shape index (κ3) is 4.69. The summed E-state index contributed by atoms with van der Waals surface area (Å²) in [4.78, 5) is 16.2. The van der Waals surface area contributed by atoms with Crippen molar-refractivity contribution in [1.29, 1.82) is 0 Å². The number of ether oxygens (including phenoxy) is 1. The first-order valence-electron chi connectivity index (χ1n) is 8.46. The maximum absolute atomic E-state index is 11.8. The predicted octanol–water partition coefficient (Wildman–Crippen LogP) is 3.09. The number of carbonyl (C=O) groups is 1. The molecule has 0 atom stereocenters. The average Bonchev–Trinajstić information content (AvgIpc) is 3.10. The first kappa shape index (κ1) is 17.7. The summed E-state index contributed by atoms with van der Waals surface area (Å²) in [7, 11) is 0. The van der Waals surface area contributed by atoms with E-state index in [2.05, 4.69) is 15.5 Å². The van der Waals surface area contributed by atoms with Crippen LogP contribution >= 0.6 is 0 Å². The van der Waals surface area contributed by atoms with Gasteiger partial charge in [0, 0.05) is 18.5 Å². The molecule has 1 aromatic heterocycles. The summed E-state index contributed by atoms with van der Waals surface area (Å²) < 4.78 is 10.7. The van der Waals surface area contributed by atoms with Crippen LogP contribution in [0.25, 0.3) is 11.4 Å². The molecule has 2 aromatic carbocycles. The van der Waals surface area contributed by atoms with Crippen molar-refractivity contribution in [2.45, 2.75) is 20.3 Å². The molecule has 6 heteroatoms. The van der Waals surface area contributed by atoms with Gasteiger partial charge in [-0.3, -0.25) is 4.79 Å². The van der Waals surface area contributed by atoms with Crippen molar-refractivity contribution in [3.8, 4) is 17.1 Å². The van der Waals surface area contributed by atoms with Crippen LogP contribution in [0.2, 0.25) is 0 Å². The lowest BCUT2D eigenvalue weighted by Crippen LogP contribution is -2.30. The van der Waals surface area contributed by atoms with Gasteiger partial charge in [0.1, 0.15) is 5.75 Å². The Morgan fingerprint density at radius 3 is 2.65 bits per heavy atom. The van der Waals surface area contributed by atoms with E-state index in [1.807, 2.05) is 62.4 Å². The molecule has 0 unspecified atom stereocenters. The van der Waals surface area contributed by atoms with Crippen molar-refractivity contribution in [2.24, 2.45) is 0 Å². The lowest BCUT2D eigenvalue weighted by molar-refractivity contribution is -0.123. The molecule has 0 spiro atoms. The molecule has 0 aliphatic carbocycles. The lowest BCUT2D eigenvalue weighted by Gasteiger charge is -2.06. The summed E-state index contributed by atoms with van der Waals surface area (Å²) >= 11 is 0. The molecule has 1 heterocycles. The lowest BCUT2D eigenvalue weighted by atomic mass is 10.1. The minimum absolute atomic E-state index is 0.0264. The molecule has 6 nitrogen and oxygen atoms in total. The largest absolute Gasteiger partial charge is 0.484 e. The van der Waals surface area contributed by atoms with E-state index in [9.17, 15) is 4.79 Å². The van der Waals surface area contributed by atoms with Crippen LogP contribution < -0.4 is 10.1 Å². The van der Waals surface area contributed by atoms with Crippen LogP contribution in [0, 0.1) is 13.8 Å². The summed E-state index contributed by atoms with van der Waals surface area (Å²) in [5.41, 5.74) is 3.17. The molecular formula is C20H21N3O3. The zero-order chi connectivity index (χ0) is 18.4. The van der Waals surface area contributed by atoms with E-state index in [0.29, 0.717) is 30.4 Å². The first-order valence-corrected chi connectivity index (χ1v) is 8.46. The smallest absolute Gasteiger partial charge is 0.257 e. The number of hydrogen-bond acceptors (Lipinski definition) is 5. The van der Waals surface area contributed by atoms with Crippen LogP contribution in [0.1, 0.15) is 17.0 Å². The SMILES string of the molecule is Cc1ccc(OCC(=O)NCCc2nc(-c3ccccc3C)no2)cc1. The number of rotatable bonds is 7. The summed E-state index contributed by atoms with van der Waals surface area (Å²) in [6.45, 7) is 4.38. The Morgan fingerprint density at radius 2 is 1.88 bits per heavy atom. The minimum atomic E-state index is -0.191. The molecule has 3 aromatic rings. The van der Waals surface area contributed by atoms with Crippen LogP contribution in [0.5, 0.6) is 5.75 Å². The zero-order valence-electron chi connectivity index (χ0n) is 14.9. The summed E-state index contributed by atoms with van der Waals surface area (Å²) in [6.07, 6.45) is 0.467. The van der Waals surface area contributed by atoms with Crippen molar-refractivity contribution >= 4 is 5.91 Å². The number of aromatic nitrogens is 2. The first-order chi connectivity index (χ1) is 12.6. The fraction of sp³-hybridized carbons (Fsp3) is 0.250. The van der Waals surface area contributed by atoms with E-state index in [-0.39, 0.29) is 12.5 Å². The fourth-order valence-electron chi connectivity index (χ4n) is 2.43. The Kier molecular flexibility index (Phi) is 5.63. The highest BCUT2D eigenvalue weighted by Gasteiger charge is 2.11. The molecule has 134 valence electrons. The van der Waals surface area contributed by atoms with E-state index in [4.69, 9.17) is 9.26 Å². The molecule has 0 fully saturated rings. The van der Waals surface area contributed by atoms with Gasteiger partial charge in [-0.25, -0.2) is 0 Å². The van der Waals surface area contributed by atoms with Crippen molar-refractivity contribution in [1.82, 2.24) is 15.5 Å². The monoisotopic (exact) mass is 351 g/mol. The molecular weight excluding hydrogens is 330 g/mol. The van der Waals surface area contributed by atoms with Crippen molar-refractivity contribution in [3.05, 3.63) is 65.5 Å². The van der Waals surface area contributed by atoms with E-state index in [1.165, 1.54) is 0 Å². The van der Waals surface area contributed by atoms with Crippen LogP contribution in [0.4, 0.5) is 0 Å². The Labute approximate surface area is 152 Å². The van der Waals surface area contributed by atoms with Crippen LogP contribution in [0.15, 0.2) is 53.1 Å². The maximum atomic E-state index is 11.8. The highest BCUT2D eigenvalue weighted by molar-refractivity contribution is 5.77. The third-order valence-corrected chi connectivity index (χ3v) is 3.91. The minimum Gasteiger partial charge on any atom is -0.484 e. The standard InChI is InChI=1S/C20H21N3O3/c1-14-7-9-16(10-8-14)25-13-18(24)21-12-11-19-22-20(23-26-19)17-6-4-3-5-15(17)2/h3-10H,11-13H2,1-2H3,(H,21,24). The summed E-state index contributed by atoms with van der Waals surface area (Å²) in [5.74, 6) is 1.53. The van der Waals surface area contributed by atoms with Gasteiger partial charge in [-0.15, -0.1) is 0 Å². The summed E-state index contributed by atoms with van der Waals surface area (Å²) in [5, 5.41) is 6.79. The van der Waals surface area contributed by atoms with Crippen LogP contribution in [0.3, 0.4) is 0 Å². The second-order valence-electron chi connectivity index (χ2n) is 6.03. The highest BCUT2D eigenvalue weighted by atomic mass is 16.5. The number of carbonyl (C=O) groups excluding carboxylic acids is 1. The molecule has 26 heavy (non-hydrogen) atoms. The van der Waals surface area contributed by atoms with Crippen molar-refractivity contribution in [3.63, 3.8) is 0 Å². The number of nitrogens with one attached hydrogen (secondary N) is 1. The molecule has 0 saturated heterocycles. The van der Waals surface area contributed by atoms with Gasteiger partial charge in [-0.05, 0) is 31.5 Å². The second-order valence-corrected chi connectivity index (χ2v) is 6.03. The second kappa shape index (κ2) is 8.29. The van der Waals surface area contributed by atoms with Gasteiger partial charge in [-0.1, -0.05) is 47.1 Å².